The fraction of sp³-hybridized carbons (Fsp3) is 0.500. The van der Waals surface area contributed by atoms with Crippen LogP contribution in [-0.4, -0.2) is 13.9 Å². The second-order valence-corrected chi connectivity index (χ2v) is 4.08. The number of hydroxylamine groups is 1. The molecule has 1 heterocycles. The zero-order valence-corrected chi connectivity index (χ0v) is 9.87. The second-order valence-electron chi connectivity index (χ2n) is 4.08. The average Bonchev–Trinajstić information content (AvgIpc) is 2.71. The molecule has 1 aromatic rings. The molecular weight excluding hydrogens is 206 g/mol. The van der Waals surface area contributed by atoms with E-state index in [1.165, 1.54) is 11.1 Å². The van der Waals surface area contributed by atoms with Crippen LogP contribution in [0.1, 0.15) is 30.9 Å². The normalized spacial score (nSPS) is 13.5. The molecule has 1 N–H and O–H groups in total. The largest absolute Gasteiger partial charge is 0.454 e. The summed E-state index contributed by atoms with van der Waals surface area (Å²) in [6, 6.07) is 4.07. The van der Waals surface area contributed by atoms with Crippen LogP contribution < -0.4 is 15.0 Å². The summed E-state index contributed by atoms with van der Waals surface area (Å²) in [6.07, 6.45) is 0. The monoisotopic (exact) mass is 223 g/mol. The molecule has 0 saturated heterocycles. The Bertz CT molecular complexity index is 377. The standard InChI is InChI=1S/C12H17NO3/c1-8(2)10-5-12-11(15-7-16-12)4-9(10)6-13-14-3/h4-5,8,13H,6-7H2,1-3H3. The van der Waals surface area contributed by atoms with E-state index in [9.17, 15) is 0 Å². The molecule has 0 bridgehead atoms. The third kappa shape index (κ3) is 2.13. The van der Waals surface area contributed by atoms with Crippen LogP contribution in [0, 0.1) is 0 Å². The first-order valence-corrected chi connectivity index (χ1v) is 5.40. The van der Waals surface area contributed by atoms with E-state index in [0.717, 1.165) is 11.5 Å². The van der Waals surface area contributed by atoms with Gasteiger partial charge in [0.25, 0.3) is 0 Å². The van der Waals surface area contributed by atoms with Crippen molar-refractivity contribution >= 4 is 0 Å². The van der Waals surface area contributed by atoms with Crippen molar-refractivity contribution in [2.45, 2.75) is 26.3 Å². The van der Waals surface area contributed by atoms with Crippen LogP contribution in [0.3, 0.4) is 0 Å². The van der Waals surface area contributed by atoms with Gasteiger partial charge in [-0.05, 0) is 29.2 Å². The van der Waals surface area contributed by atoms with Crippen molar-refractivity contribution in [3.05, 3.63) is 23.3 Å². The number of hydrogen-bond donors (Lipinski definition) is 1. The van der Waals surface area contributed by atoms with Crippen LogP contribution in [0.2, 0.25) is 0 Å². The van der Waals surface area contributed by atoms with Crippen LogP contribution in [0.4, 0.5) is 0 Å². The van der Waals surface area contributed by atoms with Gasteiger partial charge in [-0.3, -0.25) is 0 Å². The number of benzene rings is 1. The van der Waals surface area contributed by atoms with Gasteiger partial charge in [-0.1, -0.05) is 13.8 Å². The summed E-state index contributed by atoms with van der Waals surface area (Å²) in [5.74, 6) is 2.10. The molecule has 1 aliphatic rings. The van der Waals surface area contributed by atoms with Gasteiger partial charge in [0.2, 0.25) is 6.79 Å². The van der Waals surface area contributed by atoms with Crippen molar-refractivity contribution in [2.75, 3.05) is 13.9 Å². The van der Waals surface area contributed by atoms with E-state index >= 15 is 0 Å². The lowest BCUT2D eigenvalue weighted by Gasteiger charge is -2.14. The van der Waals surface area contributed by atoms with Crippen LogP contribution in [0.15, 0.2) is 12.1 Å². The van der Waals surface area contributed by atoms with Gasteiger partial charge in [-0.2, -0.15) is 5.48 Å². The quantitative estimate of drug-likeness (QED) is 0.794. The summed E-state index contributed by atoms with van der Waals surface area (Å²) in [7, 11) is 1.61. The SMILES string of the molecule is CONCc1cc2c(cc1C(C)C)OCO2. The Balaban J connectivity index is 2.32. The Kier molecular flexibility index (Phi) is 3.31. The van der Waals surface area contributed by atoms with Gasteiger partial charge >= 0.3 is 0 Å². The van der Waals surface area contributed by atoms with Crippen LogP contribution >= 0.6 is 0 Å². The molecule has 1 aliphatic heterocycles. The molecule has 0 fully saturated rings. The van der Waals surface area contributed by atoms with Crippen LogP contribution in [0.5, 0.6) is 11.5 Å². The molecule has 0 radical (unpaired) electrons. The third-order valence-electron chi connectivity index (χ3n) is 2.66. The molecule has 0 aliphatic carbocycles. The smallest absolute Gasteiger partial charge is 0.231 e. The van der Waals surface area contributed by atoms with Crippen molar-refractivity contribution < 1.29 is 14.3 Å². The van der Waals surface area contributed by atoms with Gasteiger partial charge in [0, 0.05) is 6.54 Å². The summed E-state index contributed by atoms with van der Waals surface area (Å²) >= 11 is 0. The van der Waals surface area contributed by atoms with E-state index < -0.39 is 0 Å². The fourth-order valence-electron chi connectivity index (χ4n) is 1.84. The molecule has 4 nitrogen and oxygen atoms in total. The number of fused-ring (bicyclic) bond motifs is 1. The van der Waals surface area contributed by atoms with Crippen molar-refractivity contribution in [3.8, 4) is 11.5 Å². The summed E-state index contributed by atoms with van der Waals surface area (Å²) in [5.41, 5.74) is 5.29. The number of ether oxygens (including phenoxy) is 2. The summed E-state index contributed by atoms with van der Waals surface area (Å²) < 4.78 is 10.7. The van der Waals surface area contributed by atoms with Gasteiger partial charge in [-0.15, -0.1) is 0 Å². The minimum atomic E-state index is 0.314. The third-order valence-corrected chi connectivity index (χ3v) is 2.66. The first kappa shape index (κ1) is 11.2. The van der Waals surface area contributed by atoms with Gasteiger partial charge in [0.1, 0.15) is 0 Å². The second kappa shape index (κ2) is 4.72. The summed E-state index contributed by atoms with van der Waals surface area (Å²) in [6.45, 7) is 5.30. The fourth-order valence-corrected chi connectivity index (χ4v) is 1.84. The van der Waals surface area contributed by atoms with E-state index in [0.29, 0.717) is 19.3 Å². The van der Waals surface area contributed by atoms with E-state index in [-0.39, 0.29) is 0 Å². The molecule has 4 heteroatoms. The van der Waals surface area contributed by atoms with E-state index in [4.69, 9.17) is 14.3 Å². The molecule has 88 valence electrons. The van der Waals surface area contributed by atoms with E-state index in [1.54, 1.807) is 7.11 Å². The van der Waals surface area contributed by atoms with Crippen LogP contribution in [-0.2, 0) is 11.4 Å². The summed E-state index contributed by atoms with van der Waals surface area (Å²) in [5, 5.41) is 0. The van der Waals surface area contributed by atoms with E-state index in [1.807, 2.05) is 6.07 Å². The number of nitrogens with one attached hydrogen (secondary N) is 1. The first-order chi connectivity index (χ1) is 7.72. The number of hydrogen-bond acceptors (Lipinski definition) is 4. The zero-order valence-electron chi connectivity index (χ0n) is 9.87. The molecule has 0 amide bonds. The minimum absolute atomic E-state index is 0.314. The Labute approximate surface area is 95.5 Å². The average molecular weight is 223 g/mol. The molecule has 0 saturated carbocycles. The molecule has 1 aromatic carbocycles. The molecular formula is C12H17NO3. The van der Waals surface area contributed by atoms with E-state index in [2.05, 4.69) is 25.4 Å². The Morgan fingerprint density at radius 1 is 1.31 bits per heavy atom. The highest BCUT2D eigenvalue weighted by Gasteiger charge is 2.18. The van der Waals surface area contributed by atoms with Crippen molar-refractivity contribution in [3.63, 3.8) is 0 Å². The molecule has 2 rings (SSSR count). The first-order valence-electron chi connectivity index (χ1n) is 5.40. The molecule has 16 heavy (non-hydrogen) atoms. The summed E-state index contributed by atoms with van der Waals surface area (Å²) in [4.78, 5) is 4.88. The topological polar surface area (TPSA) is 39.7 Å². The van der Waals surface area contributed by atoms with Gasteiger partial charge in [0.15, 0.2) is 11.5 Å². The maximum Gasteiger partial charge on any atom is 0.231 e. The predicted octanol–water partition coefficient (Wildman–Crippen LogP) is 2.19. The van der Waals surface area contributed by atoms with Crippen molar-refractivity contribution in [1.82, 2.24) is 5.48 Å². The lowest BCUT2D eigenvalue weighted by molar-refractivity contribution is 0.0864. The van der Waals surface area contributed by atoms with Crippen molar-refractivity contribution in [2.24, 2.45) is 0 Å². The molecule has 0 aromatic heterocycles. The molecule has 0 unspecified atom stereocenters. The highest BCUT2D eigenvalue weighted by Crippen LogP contribution is 2.37. The van der Waals surface area contributed by atoms with Gasteiger partial charge in [0.05, 0.1) is 7.11 Å². The predicted molar refractivity (Wildman–Crippen MR) is 60.5 cm³/mol. The maximum absolute atomic E-state index is 5.37. The van der Waals surface area contributed by atoms with Crippen molar-refractivity contribution in [1.29, 1.82) is 0 Å². The Morgan fingerprint density at radius 3 is 2.62 bits per heavy atom. The molecule has 0 spiro atoms. The highest BCUT2D eigenvalue weighted by molar-refractivity contribution is 5.49. The lowest BCUT2D eigenvalue weighted by atomic mass is 9.96. The van der Waals surface area contributed by atoms with Crippen LogP contribution in [0.25, 0.3) is 0 Å². The minimum Gasteiger partial charge on any atom is -0.454 e. The lowest BCUT2D eigenvalue weighted by Crippen LogP contribution is -2.12. The number of rotatable bonds is 4. The molecule has 0 atom stereocenters. The Morgan fingerprint density at radius 2 is 2.00 bits per heavy atom. The Hall–Kier alpha value is -1.26. The maximum atomic E-state index is 5.37. The van der Waals surface area contributed by atoms with Gasteiger partial charge in [-0.25, -0.2) is 0 Å². The van der Waals surface area contributed by atoms with Gasteiger partial charge < -0.3 is 14.3 Å². The highest BCUT2D eigenvalue weighted by atomic mass is 16.7. The zero-order chi connectivity index (χ0) is 11.5.